The highest BCUT2D eigenvalue weighted by Gasteiger charge is 2.16. The summed E-state index contributed by atoms with van der Waals surface area (Å²) in [6, 6.07) is 4.75. The van der Waals surface area contributed by atoms with Crippen LogP contribution in [0, 0.1) is 11.7 Å². The number of carbonyl (C=O) groups excluding carboxylic acids is 1. The Hall–Kier alpha value is -0.410. The van der Waals surface area contributed by atoms with Crippen LogP contribution < -0.4 is 0 Å². The van der Waals surface area contributed by atoms with Gasteiger partial charge in [-0.1, -0.05) is 15.9 Å². The Balaban J connectivity index is 2.84. The molecule has 1 aromatic rings. The van der Waals surface area contributed by atoms with Crippen molar-refractivity contribution in [1.82, 2.24) is 0 Å². The van der Waals surface area contributed by atoms with Crippen LogP contribution in [0.2, 0.25) is 0 Å². The van der Waals surface area contributed by atoms with Gasteiger partial charge >= 0.3 is 0 Å². The van der Waals surface area contributed by atoms with E-state index in [0.29, 0.717) is 24.3 Å². The number of ketones is 1. The number of hydrogen-bond donors (Lipinski definition) is 0. The van der Waals surface area contributed by atoms with Crippen LogP contribution in [-0.2, 0) is 11.2 Å². The molecule has 0 saturated carbocycles. The SMILES string of the molecule is CC(=O)C(CCCl)Cc1cc(Br)ccc1F. The Labute approximate surface area is 108 Å². The maximum absolute atomic E-state index is 13.5. The number of halogens is 3. The molecule has 4 heteroatoms. The first-order valence-corrected chi connectivity index (χ1v) is 6.37. The maximum atomic E-state index is 13.5. The molecule has 0 spiro atoms. The fourth-order valence-corrected chi connectivity index (χ4v) is 2.22. The molecule has 0 aliphatic heterocycles. The van der Waals surface area contributed by atoms with Gasteiger partial charge in [0.2, 0.25) is 0 Å². The molecule has 0 aromatic heterocycles. The zero-order valence-electron chi connectivity index (χ0n) is 8.97. The van der Waals surface area contributed by atoms with Gasteiger partial charge in [0.15, 0.2) is 0 Å². The Kier molecular flexibility index (Phi) is 5.42. The van der Waals surface area contributed by atoms with Gasteiger partial charge in [-0.05, 0) is 43.5 Å². The monoisotopic (exact) mass is 306 g/mol. The van der Waals surface area contributed by atoms with Crippen LogP contribution in [0.1, 0.15) is 18.9 Å². The average molecular weight is 308 g/mol. The van der Waals surface area contributed by atoms with Gasteiger partial charge in [-0.2, -0.15) is 0 Å². The molecule has 0 amide bonds. The molecule has 1 rings (SSSR count). The van der Waals surface area contributed by atoms with Crippen molar-refractivity contribution >= 4 is 33.3 Å². The molecule has 1 nitrogen and oxygen atoms in total. The van der Waals surface area contributed by atoms with Gasteiger partial charge in [-0.3, -0.25) is 4.79 Å². The predicted octanol–water partition coefficient (Wildman–Crippen LogP) is 3.96. The van der Waals surface area contributed by atoms with E-state index in [1.807, 2.05) is 0 Å². The highest BCUT2D eigenvalue weighted by Crippen LogP contribution is 2.20. The van der Waals surface area contributed by atoms with Gasteiger partial charge in [0.25, 0.3) is 0 Å². The van der Waals surface area contributed by atoms with Crippen molar-refractivity contribution in [2.75, 3.05) is 5.88 Å². The zero-order chi connectivity index (χ0) is 12.1. The fraction of sp³-hybridized carbons (Fsp3) is 0.417. The van der Waals surface area contributed by atoms with Gasteiger partial charge in [0, 0.05) is 16.3 Å². The van der Waals surface area contributed by atoms with Gasteiger partial charge in [-0.15, -0.1) is 11.6 Å². The van der Waals surface area contributed by atoms with E-state index < -0.39 is 0 Å². The molecule has 1 unspecified atom stereocenters. The number of carbonyl (C=O) groups is 1. The summed E-state index contributed by atoms with van der Waals surface area (Å²) in [4.78, 5) is 11.3. The van der Waals surface area contributed by atoms with E-state index in [0.717, 1.165) is 4.47 Å². The van der Waals surface area contributed by atoms with Crippen LogP contribution in [0.25, 0.3) is 0 Å². The molecule has 88 valence electrons. The van der Waals surface area contributed by atoms with Crippen molar-refractivity contribution in [1.29, 1.82) is 0 Å². The molecule has 0 aliphatic rings. The summed E-state index contributed by atoms with van der Waals surface area (Å²) in [5.74, 6) is 0.00482. The Morgan fingerprint density at radius 3 is 2.81 bits per heavy atom. The van der Waals surface area contributed by atoms with Crippen molar-refractivity contribution in [3.8, 4) is 0 Å². The average Bonchev–Trinajstić information content (AvgIpc) is 2.22. The molecule has 0 radical (unpaired) electrons. The third-order valence-corrected chi connectivity index (χ3v) is 3.22. The van der Waals surface area contributed by atoms with Crippen molar-refractivity contribution < 1.29 is 9.18 Å². The Morgan fingerprint density at radius 1 is 1.56 bits per heavy atom. The lowest BCUT2D eigenvalue weighted by molar-refractivity contribution is -0.120. The van der Waals surface area contributed by atoms with Gasteiger partial charge in [0.1, 0.15) is 11.6 Å². The largest absolute Gasteiger partial charge is 0.300 e. The van der Waals surface area contributed by atoms with Gasteiger partial charge < -0.3 is 0 Å². The number of benzene rings is 1. The molecule has 0 aliphatic carbocycles. The number of alkyl halides is 1. The normalized spacial score (nSPS) is 12.5. The van der Waals surface area contributed by atoms with Gasteiger partial charge in [0.05, 0.1) is 0 Å². The first-order chi connectivity index (χ1) is 7.54. The smallest absolute Gasteiger partial charge is 0.133 e. The molecular formula is C12H13BrClFO. The second-order valence-electron chi connectivity index (χ2n) is 3.73. The van der Waals surface area contributed by atoms with Crippen molar-refractivity contribution in [2.45, 2.75) is 19.8 Å². The first kappa shape index (κ1) is 13.7. The van der Waals surface area contributed by atoms with E-state index in [1.54, 1.807) is 12.1 Å². The van der Waals surface area contributed by atoms with Crippen molar-refractivity contribution in [3.63, 3.8) is 0 Å². The lowest BCUT2D eigenvalue weighted by atomic mass is 9.93. The van der Waals surface area contributed by atoms with Crippen LogP contribution >= 0.6 is 27.5 Å². The maximum Gasteiger partial charge on any atom is 0.133 e. The number of hydrogen-bond acceptors (Lipinski definition) is 1. The van der Waals surface area contributed by atoms with Crippen LogP contribution in [0.3, 0.4) is 0 Å². The summed E-state index contributed by atoms with van der Waals surface area (Å²) in [6.45, 7) is 1.52. The van der Waals surface area contributed by atoms with E-state index in [1.165, 1.54) is 13.0 Å². The van der Waals surface area contributed by atoms with E-state index in [4.69, 9.17) is 11.6 Å². The van der Waals surface area contributed by atoms with Crippen molar-refractivity contribution in [3.05, 3.63) is 34.1 Å². The Bertz CT molecular complexity index is 381. The zero-order valence-corrected chi connectivity index (χ0v) is 11.3. The lowest BCUT2D eigenvalue weighted by Gasteiger charge is -2.12. The van der Waals surface area contributed by atoms with Crippen LogP contribution in [0.15, 0.2) is 22.7 Å². The summed E-state index contributed by atoms with van der Waals surface area (Å²) in [7, 11) is 0. The molecule has 0 saturated heterocycles. The second-order valence-corrected chi connectivity index (χ2v) is 5.02. The third kappa shape index (κ3) is 3.87. The molecule has 0 N–H and O–H groups in total. The number of Topliss-reactive ketones (excluding diaryl/α,β-unsaturated/α-hetero) is 1. The van der Waals surface area contributed by atoms with Crippen molar-refractivity contribution in [2.24, 2.45) is 5.92 Å². The summed E-state index contributed by atoms with van der Waals surface area (Å²) in [5, 5.41) is 0. The van der Waals surface area contributed by atoms with Crippen LogP contribution in [0.5, 0.6) is 0 Å². The number of rotatable bonds is 5. The summed E-state index contributed by atoms with van der Waals surface area (Å²) in [5.41, 5.74) is 0.555. The summed E-state index contributed by atoms with van der Waals surface area (Å²) in [6.07, 6.45) is 0.996. The van der Waals surface area contributed by atoms with E-state index in [9.17, 15) is 9.18 Å². The molecule has 0 fully saturated rings. The predicted molar refractivity (Wildman–Crippen MR) is 67.3 cm³/mol. The Morgan fingerprint density at radius 2 is 2.25 bits per heavy atom. The first-order valence-electron chi connectivity index (χ1n) is 5.05. The van der Waals surface area contributed by atoms with Crippen LogP contribution in [-0.4, -0.2) is 11.7 Å². The van der Waals surface area contributed by atoms with E-state index in [-0.39, 0.29) is 17.5 Å². The van der Waals surface area contributed by atoms with Crippen LogP contribution in [0.4, 0.5) is 4.39 Å². The molecule has 0 bridgehead atoms. The molecule has 0 heterocycles. The second kappa shape index (κ2) is 6.36. The highest BCUT2D eigenvalue weighted by atomic mass is 79.9. The van der Waals surface area contributed by atoms with Gasteiger partial charge in [-0.25, -0.2) is 4.39 Å². The topological polar surface area (TPSA) is 17.1 Å². The minimum absolute atomic E-state index is 0.0556. The highest BCUT2D eigenvalue weighted by molar-refractivity contribution is 9.10. The summed E-state index contributed by atoms with van der Waals surface area (Å²) < 4.78 is 14.3. The molecule has 1 aromatic carbocycles. The summed E-state index contributed by atoms with van der Waals surface area (Å²) >= 11 is 8.91. The fourth-order valence-electron chi connectivity index (χ4n) is 1.55. The third-order valence-electron chi connectivity index (χ3n) is 2.51. The van der Waals surface area contributed by atoms with E-state index >= 15 is 0 Å². The molecule has 1 atom stereocenters. The molecule has 16 heavy (non-hydrogen) atoms. The minimum atomic E-state index is -0.274. The molecular weight excluding hydrogens is 294 g/mol. The quantitative estimate of drug-likeness (QED) is 0.752. The lowest BCUT2D eigenvalue weighted by Crippen LogP contribution is -2.15. The van der Waals surface area contributed by atoms with E-state index in [2.05, 4.69) is 15.9 Å². The standard InChI is InChI=1S/C12H13BrClFO/c1-8(16)9(4-5-14)6-10-7-11(13)2-3-12(10)15/h2-3,7,9H,4-6H2,1H3. The minimum Gasteiger partial charge on any atom is -0.300 e.